The van der Waals surface area contributed by atoms with Gasteiger partial charge >= 0.3 is 0 Å². The highest BCUT2D eigenvalue weighted by atomic mass is 35.5. The number of halogens is 2. The number of methoxy groups -OCH3 is 1. The molecule has 0 unspecified atom stereocenters. The van der Waals surface area contributed by atoms with Crippen LogP contribution in [-0.4, -0.2) is 42.3 Å². The lowest BCUT2D eigenvalue weighted by Crippen LogP contribution is -2.45. The van der Waals surface area contributed by atoms with E-state index in [9.17, 15) is 9.18 Å². The lowest BCUT2D eigenvalue weighted by molar-refractivity contribution is -0.121. The number of carbonyl (C=O) groups is 1. The van der Waals surface area contributed by atoms with E-state index in [0.717, 1.165) is 48.8 Å². The van der Waals surface area contributed by atoms with E-state index in [-0.39, 0.29) is 29.0 Å². The second kappa shape index (κ2) is 9.39. The van der Waals surface area contributed by atoms with Crippen LogP contribution in [0.4, 0.5) is 10.2 Å². The largest absolute Gasteiger partial charge is 0.497 e. The van der Waals surface area contributed by atoms with Crippen molar-refractivity contribution in [3.63, 3.8) is 0 Å². The summed E-state index contributed by atoms with van der Waals surface area (Å²) in [7, 11) is 1.64. The number of benzene rings is 2. The molecule has 1 amide bonds. The van der Waals surface area contributed by atoms with E-state index in [1.165, 1.54) is 12.1 Å². The quantitative estimate of drug-likeness (QED) is 0.600. The first kappa shape index (κ1) is 21.2. The van der Waals surface area contributed by atoms with Crippen molar-refractivity contribution in [2.24, 2.45) is 0 Å². The van der Waals surface area contributed by atoms with Gasteiger partial charge in [-0.3, -0.25) is 9.89 Å². The van der Waals surface area contributed by atoms with Crippen LogP contribution in [0.25, 0.3) is 11.3 Å². The van der Waals surface area contributed by atoms with Crippen LogP contribution in [0.15, 0.2) is 48.5 Å². The fourth-order valence-corrected chi connectivity index (χ4v) is 4.01. The summed E-state index contributed by atoms with van der Waals surface area (Å²) in [4.78, 5) is 14.6. The van der Waals surface area contributed by atoms with Crippen molar-refractivity contribution < 1.29 is 13.9 Å². The maximum absolute atomic E-state index is 13.9. The topological polar surface area (TPSA) is 70.2 Å². The van der Waals surface area contributed by atoms with Crippen molar-refractivity contribution in [3.8, 4) is 17.0 Å². The van der Waals surface area contributed by atoms with Gasteiger partial charge in [0.25, 0.3) is 0 Å². The standard InChI is InChI=1S/C23H24ClFN4O2/c1-31-17-7-5-15(6-8-17)21-14-22(28-27-21)29-11-9-16(10-12-29)26-23(30)13-18-19(24)3-2-4-20(18)25/h2-8,14,16H,9-13H2,1H3,(H,26,30)(H,27,28). The first-order valence-corrected chi connectivity index (χ1v) is 10.6. The Bertz CT molecular complexity index is 1030. The Morgan fingerprint density at radius 2 is 2.00 bits per heavy atom. The second-order valence-corrected chi connectivity index (χ2v) is 7.98. The predicted molar refractivity (Wildman–Crippen MR) is 119 cm³/mol. The maximum Gasteiger partial charge on any atom is 0.224 e. The van der Waals surface area contributed by atoms with Gasteiger partial charge in [-0.05, 0) is 54.8 Å². The monoisotopic (exact) mass is 442 g/mol. The average Bonchev–Trinajstić information content (AvgIpc) is 3.27. The van der Waals surface area contributed by atoms with Crippen LogP contribution in [0.1, 0.15) is 18.4 Å². The molecule has 2 heterocycles. The van der Waals surface area contributed by atoms with Gasteiger partial charge < -0.3 is 15.0 Å². The number of amides is 1. The highest BCUT2D eigenvalue weighted by Gasteiger charge is 2.23. The molecule has 0 aliphatic carbocycles. The van der Waals surface area contributed by atoms with Gasteiger partial charge in [0.15, 0.2) is 5.82 Å². The van der Waals surface area contributed by atoms with Crippen molar-refractivity contribution in [3.05, 3.63) is 64.9 Å². The van der Waals surface area contributed by atoms with Gasteiger partial charge in [-0.1, -0.05) is 17.7 Å². The number of hydrogen-bond donors (Lipinski definition) is 2. The molecule has 31 heavy (non-hydrogen) atoms. The summed E-state index contributed by atoms with van der Waals surface area (Å²) in [5, 5.41) is 10.8. The zero-order chi connectivity index (χ0) is 21.8. The van der Waals surface area contributed by atoms with Crippen molar-refractivity contribution in [2.45, 2.75) is 25.3 Å². The number of hydrogen-bond acceptors (Lipinski definition) is 4. The third kappa shape index (κ3) is 4.99. The number of carbonyl (C=O) groups excluding carboxylic acids is 1. The number of nitrogens with one attached hydrogen (secondary N) is 2. The summed E-state index contributed by atoms with van der Waals surface area (Å²) >= 11 is 6.02. The molecule has 0 saturated carbocycles. The van der Waals surface area contributed by atoms with Crippen molar-refractivity contribution in [1.82, 2.24) is 15.5 Å². The van der Waals surface area contributed by atoms with Gasteiger partial charge in [-0.15, -0.1) is 0 Å². The predicted octanol–water partition coefficient (Wildman–Crippen LogP) is 4.21. The number of H-pyrrole nitrogens is 1. The molecule has 0 atom stereocenters. The zero-order valence-electron chi connectivity index (χ0n) is 17.2. The van der Waals surface area contributed by atoms with Crippen molar-refractivity contribution >= 4 is 23.3 Å². The summed E-state index contributed by atoms with van der Waals surface area (Å²) in [6, 6.07) is 14.3. The SMILES string of the molecule is COc1ccc(-c2cc(N3CCC(NC(=O)Cc4c(F)cccc4Cl)CC3)n[nH]2)cc1. The van der Waals surface area contributed by atoms with Gasteiger partial charge in [0.1, 0.15) is 11.6 Å². The van der Waals surface area contributed by atoms with Gasteiger partial charge in [-0.2, -0.15) is 5.10 Å². The normalized spacial score (nSPS) is 14.5. The van der Waals surface area contributed by atoms with Crippen LogP contribution in [-0.2, 0) is 11.2 Å². The third-order valence-corrected chi connectivity index (χ3v) is 5.90. The minimum atomic E-state index is -0.455. The van der Waals surface area contributed by atoms with E-state index in [1.807, 2.05) is 30.3 Å². The molecule has 1 aliphatic rings. The number of ether oxygens (including phenoxy) is 1. The Morgan fingerprint density at radius 1 is 1.26 bits per heavy atom. The molecule has 2 N–H and O–H groups in total. The summed E-state index contributed by atoms with van der Waals surface area (Å²) in [5.74, 6) is 1.02. The maximum atomic E-state index is 13.9. The highest BCUT2D eigenvalue weighted by Crippen LogP contribution is 2.26. The van der Waals surface area contributed by atoms with Crippen molar-refractivity contribution in [1.29, 1.82) is 0 Å². The highest BCUT2D eigenvalue weighted by molar-refractivity contribution is 6.31. The van der Waals surface area contributed by atoms with Gasteiger partial charge in [0, 0.05) is 35.8 Å². The first-order chi connectivity index (χ1) is 15.0. The smallest absolute Gasteiger partial charge is 0.224 e. The summed E-state index contributed by atoms with van der Waals surface area (Å²) in [6.45, 7) is 1.55. The number of piperidine rings is 1. The molecule has 8 heteroatoms. The minimum absolute atomic E-state index is 0.0503. The van der Waals surface area contributed by atoms with Gasteiger partial charge in [0.05, 0.1) is 19.2 Å². The summed E-state index contributed by atoms with van der Waals surface area (Å²) in [5.41, 5.74) is 2.21. The minimum Gasteiger partial charge on any atom is -0.497 e. The number of anilines is 1. The van der Waals surface area contributed by atoms with E-state index in [2.05, 4.69) is 20.4 Å². The molecule has 0 radical (unpaired) electrons. The van der Waals surface area contributed by atoms with Crippen LogP contribution in [0.3, 0.4) is 0 Å². The van der Waals surface area contributed by atoms with E-state index in [0.29, 0.717) is 0 Å². The van der Waals surface area contributed by atoms with E-state index >= 15 is 0 Å². The van der Waals surface area contributed by atoms with Crippen molar-refractivity contribution in [2.75, 3.05) is 25.1 Å². The molecule has 1 fully saturated rings. The van der Waals surface area contributed by atoms with Gasteiger partial charge in [-0.25, -0.2) is 4.39 Å². The summed E-state index contributed by atoms with van der Waals surface area (Å²) in [6.07, 6.45) is 1.53. The Balaban J connectivity index is 1.30. The van der Waals surface area contributed by atoms with E-state index in [4.69, 9.17) is 16.3 Å². The van der Waals surface area contributed by atoms with Crippen LogP contribution in [0, 0.1) is 5.82 Å². The zero-order valence-corrected chi connectivity index (χ0v) is 18.0. The molecule has 2 aromatic carbocycles. The van der Waals surface area contributed by atoms with Crippen LogP contribution < -0.4 is 15.0 Å². The lowest BCUT2D eigenvalue weighted by atomic mass is 10.0. The second-order valence-electron chi connectivity index (χ2n) is 7.57. The number of aromatic amines is 1. The Morgan fingerprint density at radius 3 is 2.68 bits per heavy atom. The van der Waals surface area contributed by atoms with Crippen LogP contribution in [0.5, 0.6) is 5.75 Å². The molecular formula is C23H24ClFN4O2. The van der Waals surface area contributed by atoms with Gasteiger partial charge in [0.2, 0.25) is 5.91 Å². The molecule has 1 aromatic heterocycles. The molecule has 1 aliphatic heterocycles. The molecule has 1 saturated heterocycles. The number of aromatic nitrogens is 2. The van der Waals surface area contributed by atoms with E-state index < -0.39 is 5.82 Å². The molecule has 6 nitrogen and oxygen atoms in total. The molecular weight excluding hydrogens is 419 g/mol. The number of rotatable bonds is 6. The van der Waals surface area contributed by atoms with Crippen LogP contribution >= 0.6 is 11.6 Å². The Kier molecular flexibility index (Phi) is 6.42. The average molecular weight is 443 g/mol. The fraction of sp³-hybridized carbons (Fsp3) is 0.304. The summed E-state index contributed by atoms with van der Waals surface area (Å²) < 4.78 is 19.1. The first-order valence-electron chi connectivity index (χ1n) is 10.2. The molecule has 0 bridgehead atoms. The Hall–Kier alpha value is -3.06. The number of nitrogens with zero attached hydrogens (tertiary/aromatic N) is 2. The fourth-order valence-electron chi connectivity index (χ4n) is 3.79. The molecule has 3 aromatic rings. The molecule has 162 valence electrons. The third-order valence-electron chi connectivity index (χ3n) is 5.55. The lowest BCUT2D eigenvalue weighted by Gasteiger charge is -2.32. The molecule has 0 spiro atoms. The molecule has 4 rings (SSSR count). The van der Waals surface area contributed by atoms with E-state index in [1.54, 1.807) is 13.2 Å². The van der Waals surface area contributed by atoms with Crippen LogP contribution in [0.2, 0.25) is 5.02 Å². The Labute approximate surface area is 185 Å².